The highest BCUT2D eigenvalue weighted by molar-refractivity contribution is 6.18. The topological polar surface area (TPSA) is 100 Å². The first-order valence-electron chi connectivity index (χ1n) is 10.1. The monoisotopic (exact) mass is 439 g/mol. The minimum absolute atomic E-state index is 0.220. The fraction of sp³-hybridized carbons (Fsp3) is 0.292. The molecular formula is C24H25NO7. The van der Waals surface area contributed by atoms with E-state index in [1.165, 1.54) is 19.9 Å². The van der Waals surface area contributed by atoms with Crippen LogP contribution in [0.2, 0.25) is 0 Å². The second-order valence-electron chi connectivity index (χ2n) is 7.58. The molecule has 1 heterocycles. The molecule has 1 amide bonds. The Morgan fingerprint density at radius 1 is 1.03 bits per heavy atom. The summed E-state index contributed by atoms with van der Waals surface area (Å²) in [6.07, 6.45) is 1.36. The average molecular weight is 439 g/mol. The van der Waals surface area contributed by atoms with Gasteiger partial charge in [-0.2, -0.15) is 0 Å². The van der Waals surface area contributed by atoms with Gasteiger partial charge < -0.3 is 24.3 Å². The third-order valence-electron chi connectivity index (χ3n) is 4.36. The fourth-order valence-corrected chi connectivity index (χ4v) is 3.01. The lowest BCUT2D eigenvalue weighted by Crippen LogP contribution is -2.41. The Morgan fingerprint density at radius 2 is 1.75 bits per heavy atom. The molecule has 0 aromatic heterocycles. The predicted octanol–water partition coefficient (Wildman–Crippen LogP) is 3.63. The highest BCUT2D eigenvalue weighted by Gasteiger charge is 2.38. The number of cyclic esters (lactones) is 2. The van der Waals surface area contributed by atoms with Gasteiger partial charge in [0.2, 0.25) is 0 Å². The van der Waals surface area contributed by atoms with E-state index < -0.39 is 17.7 Å². The molecule has 0 radical (unpaired) electrons. The number of nitrogens with one attached hydrogen (secondary N) is 1. The SMILES string of the molecule is CCOc1cc(C=C2C(=O)OC(C)(C)OC2=O)ccc1OCC(=O)Nc1cccc(C)c1. The quantitative estimate of drug-likeness (QED) is 0.399. The number of amides is 1. The average Bonchev–Trinajstić information content (AvgIpc) is 2.69. The van der Waals surface area contributed by atoms with E-state index in [2.05, 4.69) is 5.32 Å². The zero-order valence-electron chi connectivity index (χ0n) is 18.4. The van der Waals surface area contributed by atoms with Crippen LogP contribution in [0.5, 0.6) is 11.5 Å². The smallest absolute Gasteiger partial charge is 0.348 e. The molecule has 1 N–H and O–H groups in total. The summed E-state index contributed by atoms with van der Waals surface area (Å²) in [4.78, 5) is 36.5. The van der Waals surface area contributed by atoms with Gasteiger partial charge in [0.15, 0.2) is 18.1 Å². The molecule has 2 aromatic carbocycles. The summed E-state index contributed by atoms with van der Waals surface area (Å²) in [5, 5.41) is 2.77. The molecule has 8 heteroatoms. The van der Waals surface area contributed by atoms with Gasteiger partial charge in [0.05, 0.1) is 6.61 Å². The van der Waals surface area contributed by atoms with Crippen molar-refractivity contribution in [2.24, 2.45) is 0 Å². The largest absolute Gasteiger partial charge is 0.490 e. The van der Waals surface area contributed by atoms with Crippen LogP contribution in [0, 0.1) is 6.92 Å². The van der Waals surface area contributed by atoms with E-state index in [-0.39, 0.29) is 18.1 Å². The number of hydrogen-bond donors (Lipinski definition) is 1. The lowest BCUT2D eigenvalue weighted by Gasteiger charge is -2.29. The molecule has 1 saturated heterocycles. The molecule has 0 aliphatic carbocycles. The van der Waals surface area contributed by atoms with Crippen LogP contribution < -0.4 is 14.8 Å². The van der Waals surface area contributed by atoms with Crippen LogP contribution in [0.3, 0.4) is 0 Å². The van der Waals surface area contributed by atoms with Crippen molar-refractivity contribution in [3.05, 3.63) is 59.2 Å². The first kappa shape index (κ1) is 22.9. The van der Waals surface area contributed by atoms with Crippen molar-refractivity contribution in [3.63, 3.8) is 0 Å². The van der Waals surface area contributed by atoms with Gasteiger partial charge in [0, 0.05) is 19.5 Å². The molecule has 0 atom stereocenters. The van der Waals surface area contributed by atoms with Gasteiger partial charge in [-0.25, -0.2) is 9.59 Å². The number of benzene rings is 2. The number of anilines is 1. The van der Waals surface area contributed by atoms with Crippen molar-refractivity contribution in [3.8, 4) is 11.5 Å². The first-order valence-corrected chi connectivity index (χ1v) is 10.1. The molecule has 0 saturated carbocycles. The maximum absolute atomic E-state index is 12.2. The van der Waals surface area contributed by atoms with Crippen LogP contribution in [0.15, 0.2) is 48.0 Å². The lowest BCUT2D eigenvalue weighted by atomic mass is 10.1. The number of ether oxygens (including phenoxy) is 4. The predicted molar refractivity (Wildman–Crippen MR) is 117 cm³/mol. The Morgan fingerprint density at radius 3 is 2.41 bits per heavy atom. The molecule has 3 rings (SSSR count). The van der Waals surface area contributed by atoms with Gasteiger partial charge in [-0.3, -0.25) is 4.79 Å². The first-order chi connectivity index (χ1) is 15.2. The number of aryl methyl sites for hydroxylation is 1. The molecule has 32 heavy (non-hydrogen) atoms. The summed E-state index contributed by atoms with van der Waals surface area (Å²) in [6.45, 7) is 6.83. The highest BCUT2D eigenvalue weighted by Crippen LogP contribution is 2.31. The van der Waals surface area contributed by atoms with E-state index in [0.29, 0.717) is 29.4 Å². The molecule has 0 unspecified atom stereocenters. The van der Waals surface area contributed by atoms with Crippen molar-refractivity contribution >= 4 is 29.6 Å². The summed E-state index contributed by atoms with van der Waals surface area (Å²) < 4.78 is 21.4. The van der Waals surface area contributed by atoms with E-state index in [9.17, 15) is 14.4 Å². The van der Waals surface area contributed by atoms with E-state index >= 15 is 0 Å². The Bertz CT molecular complexity index is 1050. The number of carbonyl (C=O) groups excluding carboxylic acids is 3. The van der Waals surface area contributed by atoms with Gasteiger partial charge >= 0.3 is 11.9 Å². The molecule has 0 spiro atoms. The zero-order valence-corrected chi connectivity index (χ0v) is 18.4. The van der Waals surface area contributed by atoms with Crippen molar-refractivity contribution in [2.75, 3.05) is 18.5 Å². The number of esters is 2. The zero-order chi connectivity index (χ0) is 23.3. The molecule has 0 bridgehead atoms. The molecule has 1 aliphatic heterocycles. The normalized spacial score (nSPS) is 14.8. The Labute approximate surface area is 186 Å². The second-order valence-corrected chi connectivity index (χ2v) is 7.58. The minimum Gasteiger partial charge on any atom is -0.490 e. The molecule has 1 aliphatic rings. The maximum atomic E-state index is 12.2. The van der Waals surface area contributed by atoms with Crippen LogP contribution in [-0.2, 0) is 23.9 Å². The molecule has 168 valence electrons. The fourth-order valence-electron chi connectivity index (χ4n) is 3.01. The van der Waals surface area contributed by atoms with Crippen LogP contribution in [-0.4, -0.2) is 36.8 Å². The van der Waals surface area contributed by atoms with Gasteiger partial charge in [0.25, 0.3) is 11.7 Å². The summed E-state index contributed by atoms with van der Waals surface area (Å²) >= 11 is 0. The Hall–Kier alpha value is -3.81. The molecule has 2 aromatic rings. The number of rotatable bonds is 7. The molecular weight excluding hydrogens is 414 g/mol. The van der Waals surface area contributed by atoms with Gasteiger partial charge in [-0.05, 0) is 55.3 Å². The van der Waals surface area contributed by atoms with Crippen molar-refractivity contribution < 1.29 is 33.3 Å². The maximum Gasteiger partial charge on any atom is 0.348 e. The number of hydrogen-bond acceptors (Lipinski definition) is 7. The summed E-state index contributed by atoms with van der Waals surface area (Å²) in [5.74, 6) is -2.45. The van der Waals surface area contributed by atoms with E-state index in [1.54, 1.807) is 31.2 Å². The van der Waals surface area contributed by atoms with Crippen molar-refractivity contribution in [1.29, 1.82) is 0 Å². The highest BCUT2D eigenvalue weighted by atomic mass is 16.7. The minimum atomic E-state index is -1.31. The standard InChI is InChI=1S/C24H25NO7/c1-5-29-20-13-16(12-18-22(27)31-24(3,4)32-23(18)28)9-10-19(20)30-14-21(26)25-17-8-6-7-15(2)11-17/h6-13H,5,14H2,1-4H3,(H,25,26). The third kappa shape index (κ3) is 5.87. The second kappa shape index (κ2) is 9.55. The third-order valence-corrected chi connectivity index (χ3v) is 4.36. The van der Waals surface area contributed by atoms with Crippen LogP contribution in [0.4, 0.5) is 5.69 Å². The van der Waals surface area contributed by atoms with Crippen LogP contribution >= 0.6 is 0 Å². The Balaban J connectivity index is 1.72. The summed E-state index contributed by atoms with van der Waals surface area (Å²) in [7, 11) is 0. The van der Waals surface area contributed by atoms with Gasteiger partial charge in [-0.1, -0.05) is 18.2 Å². The molecule has 8 nitrogen and oxygen atoms in total. The molecule has 1 fully saturated rings. The van der Waals surface area contributed by atoms with Crippen LogP contribution in [0.1, 0.15) is 31.9 Å². The summed E-state index contributed by atoms with van der Waals surface area (Å²) in [6, 6.07) is 12.3. The van der Waals surface area contributed by atoms with E-state index in [0.717, 1.165) is 5.56 Å². The Kier molecular flexibility index (Phi) is 6.82. The van der Waals surface area contributed by atoms with Crippen LogP contribution in [0.25, 0.3) is 6.08 Å². The summed E-state index contributed by atoms with van der Waals surface area (Å²) in [5.41, 5.74) is 1.99. The van der Waals surface area contributed by atoms with Crippen molar-refractivity contribution in [2.45, 2.75) is 33.5 Å². The van der Waals surface area contributed by atoms with Gasteiger partial charge in [-0.15, -0.1) is 0 Å². The lowest BCUT2D eigenvalue weighted by molar-refractivity contribution is -0.222. The van der Waals surface area contributed by atoms with Gasteiger partial charge in [0.1, 0.15) is 5.57 Å². The van der Waals surface area contributed by atoms with E-state index in [1.807, 2.05) is 25.1 Å². The number of carbonyl (C=O) groups is 3. The van der Waals surface area contributed by atoms with Crippen molar-refractivity contribution in [1.82, 2.24) is 0 Å². The van der Waals surface area contributed by atoms with E-state index in [4.69, 9.17) is 18.9 Å².